The van der Waals surface area contributed by atoms with Gasteiger partial charge in [-0.2, -0.15) is 13.2 Å². The van der Waals surface area contributed by atoms with Gasteiger partial charge in [0.15, 0.2) is 0 Å². The van der Waals surface area contributed by atoms with Crippen molar-refractivity contribution >= 4 is 23.0 Å². The first kappa shape index (κ1) is 24.0. The number of nitrogens with zero attached hydrogens (tertiary/aromatic N) is 8. The van der Waals surface area contributed by atoms with Crippen LogP contribution < -0.4 is 14.6 Å². The Morgan fingerprint density at radius 2 is 1.97 bits per heavy atom. The van der Waals surface area contributed by atoms with Crippen molar-refractivity contribution in [1.29, 1.82) is 0 Å². The van der Waals surface area contributed by atoms with E-state index in [2.05, 4.69) is 20.4 Å². The zero-order chi connectivity index (χ0) is 25.3. The Kier molecular flexibility index (Phi) is 6.48. The molecule has 36 heavy (non-hydrogen) atoms. The number of halogens is 3. The first-order chi connectivity index (χ1) is 17.3. The predicted octanol–water partition coefficient (Wildman–Crippen LogP) is 5.34. The Bertz CT molecular complexity index is 1280. The summed E-state index contributed by atoms with van der Waals surface area (Å²) in [6.45, 7) is 3.52. The lowest BCUT2D eigenvalue weighted by atomic mass is 10.0. The second kappa shape index (κ2) is 9.72. The first-order valence-corrected chi connectivity index (χ1v) is 12.1. The molecule has 13 heteroatoms. The molecular formula is C23H23F3N8OS. The number of ether oxygens (including phenoxy) is 1. The maximum Gasteiger partial charge on any atom is 0.419 e. The van der Waals surface area contributed by atoms with Gasteiger partial charge in [0.25, 0.3) is 0 Å². The Morgan fingerprint density at radius 1 is 1.17 bits per heavy atom. The minimum atomic E-state index is -4.45. The van der Waals surface area contributed by atoms with Crippen molar-refractivity contribution < 1.29 is 17.9 Å². The molecule has 0 bridgehead atoms. The molecule has 1 unspecified atom stereocenters. The van der Waals surface area contributed by atoms with Crippen LogP contribution in [0.15, 0.2) is 58.7 Å². The molecule has 3 aromatic rings. The van der Waals surface area contributed by atoms with E-state index in [4.69, 9.17) is 9.72 Å². The van der Waals surface area contributed by atoms with Crippen LogP contribution in [0.3, 0.4) is 0 Å². The van der Waals surface area contributed by atoms with E-state index in [0.717, 1.165) is 46.5 Å². The Balaban J connectivity index is 1.17. The van der Waals surface area contributed by atoms with Crippen LogP contribution in [-0.4, -0.2) is 40.2 Å². The van der Waals surface area contributed by atoms with Gasteiger partial charge in [0.05, 0.1) is 22.0 Å². The lowest BCUT2D eigenvalue weighted by Gasteiger charge is -2.25. The normalized spacial score (nSPS) is 17.8. The maximum atomic E-state index is 12.7. The van der Waals surface area contributed by atoms with Gasteiger partial charge < -0.3 is 9.64 Å². The standard InChI is InChI=1S/C23H23F3N8OS/c1-15-9-19(34-14-32(2)30-31-34)3-4-20(15)35-12-18-13-36-21(29-18)16-5-7-33(8-6-16)22-27-10-17(11-28-22)23(24,25)26/h3-5,7,9-11,13,16H,6,8,12,14H2,1-2H3. The lowest BCUT2D eigenvalue weighted by Crippen LogP contribution is -2.25. The van der Waals surface area contributed by atoms with Crippen LogP contribution in [0.1, 0.15) is 34.2 Å². The third-order valence-corrected chi connectivity index (χ3v) is 6.79. The van der Waals surface area contributed by atoms with Gasteiger partial charge in [0.1, 0.15) is 19.0 Å². The molecule has 0 fully saturated rings. The molecule has 0 N–H and O–H groups in total. The summed E-state index contributed by atoms with van der Waals surface area (Å²) in [6, 6.07) is 5.89. The number of alkyl halides is 3. The SMILES string of the molecule is Cc1cc(N2CN(C)N=N2)ccc1OCc1csc(C2C=CN(c3ncc(C(F)(F)F)cn3)CC2)n1. The van der Waals surface area contributed by atoms with Gasteiger partial charge in [0, 0.05) is 43.5 Å². The van der Waals surface area contributed by atoms with Crippen molar-refractivity contribution in [3.8, 4) is 5.75 Å². The average Bonchev–Trinajstić information content (AvgIpc) is 3.52. The number of allylic oxidation sites excluding steroid dienone is 1. The van der Waals surface area contributed by atoms with Crippen LogP contribution in [0.2, 0.25) is 0 Å². The second-order valence-electron chi connectivity index (χ2n) is 8.49. The number of benzene rings is 1. The monoisotopic (exact) mass is 516 g/mol. The van der Waals surface area contributed by atoms with E-state index in [1.54, 1.807) is 27.4 Å². The molecule has 2 aliphatic heterocycles. The molecule has 9 nitrogen and oxygen atoms in total. The summed E-state index contributed by atoms with van der Waals surface area (Å²) in [6.07, 6.45) is 1.69. The largest absolute Gasteiger partial charge is 0.487 e. The van der Waals surface area contributed by atoms with E-state index in [1.807, 2.05) is 48.6 Å². The Labute approximate surface area is 209 Å². The molecule has 2 aromatic heterocycles. The summed E-state index contributed by atoms with van der Waals surface area (Å²) in [5, 5.41) is 14.6. The molecule has 0 saturated heterocycles. The van der Waals surface area contributed by atoms with E-state index in [0.29, 0.717) is 19.8 Å². The van der Waals surface area contributed by atoms with E-state index >= 15 is 0 Å². The predicted molar refractivity (Wildman–Crippen MR) is 128 cm³/mol. The highest BCUT2D eigenvalue weighted by molar-refractivity contribution is 7.09. The molecule has 1 atom stereocenters. The zero-order valence-electron chi connectivity index (χ0n) is 19.6. The minimum Gasteiger partial charge on any atom is -0.487 e. The van der Waals surface area contributed by atoms with E-state index < -0.39 is 11.7 Å². The summed E-state index contributed by atoms with van der Waals surface area (Å²) in [5.74, 6) is 1.14. The minimum absolute atomic E-state index is 0.114. The summed E-state index contributed by atoms with van der Waals surface area (Å²) in [5.41, 5.74) is 1.92. The third kappa shape index (κ3) is 5.25. The molecular weight excluding hydrogens is 493 g/mol. The second-order valence-corrected chi connectivity index (χ2v) is 9.38. The molecule has 0 radical (unpaired) electrons. The van der Waals surface area contributed by atoms with Crippen LogP contribution in [-0.2, 0) is 12.8 Å². The van der Waals surface area contributed by atoms with Gasteiger partial charge in [-0.1, -0.05) is 11.3 Å². The number of hydrogen-bond acceptors (Lipinski definition) is 10. The fraction of sp³-hybridized carbons (Fsp3) is 0.348. The van der Waals surface area contributed by atoms with Crippen molar-refractivity contribution in [1.82, 2.24) is 20.0 Å². The van der Waals surface area contributed by atoms with E-state index in [-0.39, 0.29) is 11.9 Å². The number of aryl methyl sites for hydroxylation is 1. The number of anilines is 2. The van der Waals surface area contributed by atoms with Crippen molar-refractivity contribution in [2.24, 2.45) is 10.4 Å². The number of aromatic nitrogens is 3. The van der Waals surface area contributed by atoms with E-state index in [9.17, 15) is 13.2 Å². The Morgan fingerprint density at radius 3 is 2.61 bits per heavy atom. The third-order valence-electron chi connectivity index (χ3n) is 5.76. The zero-order valence-corrected chi connectivity index (χ0v) is 20.4. The van der Waals surface area contributed by atoms with Gasteiger partial charge in [-0.05, 0) is 42.3 Å². The van der Waals surface area contributed by atoms with Crippen molar-refractivity contribution in [3.63, 3.8) is 0 Å². The summed E-state index contributed by atoms with van der Waals surface area (Å²) >= 11 is 1.57. The molecule has 0 amide bonds. The quantitative estimate of drug-likeness (QED) is 0.438. The van der Waals surface area contributed by atoms with Gasteiger partial charge in [-0.3, -0.25) is 5.01 Å². The molecule has 188 valence electrons. The van der Waals surface area contributed by atoms with Gasteiger partial charge in [-0.15, -0.1) is 11.3 Å². The van der Waals surface area contributed by atoms with Gasteiger partial charge in [-0.25, -0.2) is 20.0 Å². The highest BCUT2D eigenvalue weighted by Gasteiger charge is 2.31. The van der Waals surface area contributed by atoms with Crippen LogP contribution in [0.4, 0.5) is 24.8 Å². The van der Waals surface area contributed by atoms with Crippen LogP contribution in [0.5, 0.6) is 5.75 Å². The lowest BCUT2D eigenvalue weighted by molar-refractivity contribution is -0.138. The smallest absolute Gasteiger partial charge is 0.419 e. The maximum absolute atomic E-state index is 12.7. The summed E-state index contributed by atoms with van der Waals surface area (Å²) in [4.78, 5) is 14.2. The fourth-order valence-corrected chi connectivity index (χ4v) is 4.73. The van der Waals surface area contributed by atoms with E-state index in [1.165, 1.54) is 0 Å². The fourth-order valence-electron chi connectivity index (χ4n) is 3.81. The highest BCUT2D eigenvalue weighted by atomic mass is 32.1. The molecule has 5 rings (SSSR count). The topological polar surface area (TPSA) is 82.3 Å². The molecule has 0 spiro atoms. The average molecular weight is 517 g/mol. The molecule has 2 aliphatic rings. The number of rotatable bonds is 6. The van der Waals surface area contributed by atoms with Crippen LogP contribution in [0.25, 0.3) is 0 Å². The van der Waals surface area contributed by atoms with Crippen molar-refractivity contribution in [2.45, 2.75) is 32.0 Å². The summed E-state index contributed by atoms with van der Waals surface area (Å²) < 4.78 is 44.2. The molecule has 1 aromatic carbocycles. The van der Waals surface area contributed by atoms with Gasteiger partial charge >= 0.3 is 6.18 Å². The Hall–Kier alpha value is -3.74. The molecule has 0 saturated carbocycles. The first-order valence-electron chi connectivity index (χ1n) is 11.2. The number of thiazole rings is 1. The highest BCUT2D eigenvalue weighted by Crippen LogP contribution is 2.32. The summed E-state index contributed by atoms with van der Waals surface area (Å²) in [7, 11) is 1.86. The molecule has 4 heterocycles. The van der Waals surface area contributed by atoms with Crippen LogP contribution >= 0.6 is 11.3 Å². The van der Waals surface area contributed by atoms with Crippen molar-refractivity contribution in [2.75, 3.05) is 30.2 Å². The van der Waals surface area contributed by atoms with Crippen LogP contribution in [0, 0.1) is 6.92 Å². The number of hydrogen-bond donors (Lipinski definition) is 0. The van der Waals surface area contributed by atoms with Crippen molar-refractivity contribution in [3.05, 3.63) is 70.1 Å². The molecule has 0 aliphatic carbocycles. The van der Waals surface area contributed by atoms with Gasteiger partial charge in [0.2, 0.25) is 5.95 Å².